The van der Waals surface area contributed by atoms with E-state index >= 15 is 0 Å². The standard InChI is InChI=1S/C10H5ClF3N3/c11-10-15-4-7(14)9(17-10)16-8-3-5(12)1-2-6(8)13/h1-4H,(H,15,16,17). The van der Waals surface area contributed by atoms with Crippen LogP contribution < -0.4 is 5.32 Å². The molecule has 0 bridgehead atoms. The average Bonchev–Trinajstić information content (AvgIpc) is 2.28. The van der Waals surface area contributed by atoms with E-state index in [-0.39, 0.29) is 16.8 Å². The third-order valence-corrected chi connectivity index (χ3v) is 2.08. The van der Waals surface area contributed by atoms with E-state index in [0.29, 0.717) is 0 Å². The van der Waals surface area contributed by atoms with Crippen molar-refractivity contribution in [3.8, 4) is 0 Å². The highest BCUT2D eigenvalue weighted by atomic mass is 35.5. The van der Waals surface area contributed by atoms with E-state index in [2.05, 4.69) is 15.3 Å². The molecule has 0 amide bonds. The fourth-order valence-corrected chi connectivity index (χ4v) is 1.29. The van der Waals surface area contributed by atoms with E-state index in [1.54, 1.807) is 0 Å². The minimum absolute atomic E-state index is 0.203. The summed E-state index contributed by atoms with van der Waals surface area (Å²) in [6.07, 6.45) is 0.828. The Bertz CT molecular complexity index is 513. The number of nitrogens with zero attached hydrogens (tertiary/aromatic N) is 2. The highest BCUT2D eigenvalue weighted by Crippen LogP contribution is 2.21. The molecule has 1 aromatic carbocycles. The van der Waals surface area contributed by atoms with Crippen LogP contribution in [-0.2, 0) is 0 Å². The molecule has 7 heteroatoms. The predicted molar refractivity (Wildman–Crippen MR) is 56.6 cm³/mol. The minimum atomic E-state index is -0.821. The zero-order chi connectivity index (χ0) is 12.4. The molecule has 0 saturated carbocycles. The van der Waals surface area contributed by atoms with Gasteiger partial charge in [0.1, 0.15) is 11.6 Å². The van der Waals surface area contributed by atoms with Crippen LogP contribution in [0.1, 0.15) is 0 Å². The van der Waals surface area contributed by atoms with E-state index in [1.807, 2.05) is 0 Å². The second-order valence-electron chi connectivity index (χ2n) is 3.08. The maximum atomic E-state index is 13.3. The van der Waals surface area contributed by atoms with Gasteiger partial charge in [-0.2, -0.15) is 4.98 Å². The van der Waals surface area contributed by atoms with Crippen LogP contribution in [0.4, 0.5) is 24.7 Å². The number of benzene rings is 1. The van der Waals surface area contributed by atoms with Gasteiger partial charge in [0, 0.05) is 6.07 Å². The summed E-state index contributed by atoms with van der Waals surface area (Å²) in [7, 11) is 0. The Kier molecular flexibility index (Phi) is 3.14. The lowest BCUT2D eigenvalue weighted by atomic mass is 10.3. The van der Waals surface area contributed by atoms with Gasteiger partial charge in [0.2, 0.25) is 5.28 Å². The second kappa shape index (κ2) is 4.58. The van der Waals surface area contributed by atoms with Crippen LogP contribution in [0.25, 0.3) is 0 Å². The van der Waals surface area contributed by atoms with Crippen LogP contribution in [0.15, 0.2) is 24.4 Å². The Morgan fingerprint density at radius 1 is 1.12 bits per heavy atom. The van der Waals surface area contributed by atoms with E-state index < -0.39 is 17.5 Å². The Labute approximate surface area is 99.3 Å². The van der Waals surface area contributed by atoms with Crippen LogP contribution in [0, 0.1) is 17.5 Å². The van der Waals surface area contributed by atoms with Crippen LogP contribution in [0.2, 0.25) is 5.28 Å². The average molecular weight is 260 g/mol. The first-order valence-corrected chi connectivity index (χ1v) is 4.84. The molecular weight excluding hydrogens is 255 g/mol. The number of anilines is 2. The van der Waals surface area contributed by atoms with Gasteiger partial charge in [0.25, 0.3) is 0 Å². The largest absolute Gasteiger partial charge is 0.335 e. The fourth-order valence-electron chi connectivity index (χ4n) is 1.15. The van der Waals surface area contributed by atoms with Crippen molar-refractivity contribution >= 4 is 23.1 Å². The zero-order valence-electron chi connectivity index (χ0n) is 8.22. The molecule has 88 valence electrons. The Morgan fingerprint density at radius 3 is 2.65 bits per heavy atom. The van der Waals surface area contributed by atoms with Crippen molar-refractivity contribution in [3.05, 3.63) is 47.1 Å². The van der Waals surface area contributed by atoms with Crippen molar-refractivity contribution < 1.29 is 13.2 Å². The second-order valence-corrected chi connectivity index (χ2v) is 3.42. The highest BCUT2D eigenvalue weighted by Gasteiger charge is 2.09. The van der Waals surface area contributed by atoms with Gasteiger partial charge in [-0.1, -0.05) is 0 Å². The van der Waals surface area contributed by atoms with Crippen molar-refractivity contribution in [1.29, 1.82) is 0 Å². The smallest absolute Gasteiger partial charge is 0.224 e. The van der Waals surface area contributed by atoms with Gasteiger partial charge in [-0.05, 0) is 23.7 Å². The maximum Gasteiger partial charge on any atom is 0.224 e. The Hall–Kier alpha value is -1.82. The van der Waals surface area contributed by atoms with E-state index in [9.17, 15) is 13.2 Å². The zero-order valence-corrected chi connectivity index (χ0v) is 8.97. The number of hydrogen-bond donors (Lipinski definition) is 1. The fraction of sp³-hybridized carbons (Fsp3) is 0. The van der Waals surface area contributed by atoms with E-state index in [4.69, 9.17) is 11.6 Å². The van der Waals surface area contributed by atoms with E-state index in [1.165, 1.54) is 0 Å². The van der Waals surface area contributed by atoms with Crippen molar-refractivity contribution in [2.24, 2.45) is 0 Å². The predicted octanol–water partition coefficient (Wildman–Crippen LogP) is 3.29. The number of halogens is 4. The Morgan fingerprint density at radius 2 is 1.88 bits per heavy atom. The van der Waals surface area contributed by atoms with Crippen LogP contribution in [0.3, 0.4) is 0 Å². The van der Waals surface area contributed by atoms with Gasteiger partial charge >= 0.3 is 0 Å². The maximum absolute atomic E-state index is 13.3. The van der Waals surface area contributed by atoms with Crippen LogP contribution in [0.5, 0.6) is 0 Å². The Balaban J connectivity index is 2.37. The SMILES string of the molecule is Fc1ccc(F)c(Nc2nc(Cl)ncc2F)c1. The summed E-state index contributed by atoms with van der Waals surface area (Å²) in [5.41, 5.74) is -0.237. The third kappa shape index (κ3) is 2.65. The minimum Gasteiger partial charge on any atom is -0.335 e. The molecule has 0 unspecified atom stereocenters. The van der Waals surface area contributed by atoms with E-state index in [0.717, 1.165) is 24.4 Å². The van der Waals surface area contributed by atoms with Gasteiger partial charge < -0.3 is 5.32 Å². The summed E-state index contributed by atoms with van der Waals surface area (Å²) in [6, 6.07) is 2.74. The number of hydrogen-bond acceptors (Lipinski definition) is 3. The van der Waals surface area contributed by atoms with Crippen molar-refractivity contribution in [2.45, 2.75) is 0 Å². The molecule has 17 heavy (non-hydrogen) atoms. The summed E-state index contributed by atoms with van der Waals surface area (Å²) >= 11 is 5.46. The lowest BCUT2D eigenvalue weighted by Crippen LogP contribution is -2.01. The number of nitrogens with one attached hydrogen (secondary N) is 1. The first-order chi connectivity index (χ1) is 8.06. The van der Waals surface area contributed by atoms with Gasteiger partial charge in [-0.15, -0.1) is 0 Å². The summed E-state index contributed by atoms with van der Waals surface area (Å²) in [4.78, 5) is 6.91. The molecule has 3 nitrogen and oxygen atoms in total. The third-order valence-electron chi connectivity index (χ3n) is 1.90. The summed E-state index contributed by atoms with van der Waals surface area (Å²) in [5.74, 6) is -2.54. The molecule has 0 radical (unpaired) electrons. The molecule has 0 aliphatic carbocycles. The molecule has 0 fully saturated rings. The quantitative estimate of drug-likeness (QED) is 0.841. The van der Waals surface area contributed by atoms with Crippen molar-refractivity contribution in [3.63, 3.8) is 0 Å². The molecule has 1 N–H and O–H groups in total. The normalized spacial score (nSPS) is 10.4. The topological polar surface area (TPSA) is 37.8 Å². The lowest BCUT2D eigenvalue weighted by Gasteiger charge is -2.07. The summed E-state index contributed by atoms with van der Waals surface area (Å²) in [6.45, 7) is 0. The molecule has 1 heterocycles. The molecule has 2 aromatic rings. The molecule has 0 atom stereocenters. The first kappa shape index (κ1) is 11.7. The van der Waals surface area contributed by atoms with Crippen molar-refractivity contribution in [1.82, 2.24) is 9.97 Å². The number of aromatic nitrogens is 2. The summed E-state index contributed by atoms with van der Waals surface area (Å²) < 4.78 is 39.4. The van der Waals surface area contributed by atoms with Gasteiger partial charge in [-0.25, -0.2) is 18.2 Å². The highest BCUT2D eigenvalue weighted by molar-refractivity contribution is 6.28. The summed E-state index contributed by atoms with van der Waals surface area (Å²) in [5, 5.41) is 2.09. The van der Waals surface area contributed by atoms with Gasteiger partial charge in [-0.3, -0.25) is 0 Å². The van der Waals surface area contributed by atoms with Crippen molar-refractivity contribution in [2.75, 3.05) is 5.32 Å². The van der Waals surface area contributed by atoms with Gasteiger partial charge in [0.15, 0.2) is 11.6 Å². The molecular formula is C10H5ClF3N3. The molecule has 1 aromatic heterocycles. The molecule has 0 saturated heterocycles. The van der Waals surface area contributed by atoms with Crippen LogP contribution in [-0.4, -0.2) is 9.97 Å². The molecule has 0 spiro atoms. The van der Waals surface area contributed by atoms with Gasteiger partial charge in [0.05, 0.1) is 11.9 Å². The molecule has 2 rings (SSSR count). The molecule has 0 aliphatic rings. The monoisotopic (exact) mass is 259 g/mol. The lowest BCUT2D eigenvalue weighted by molar-refractivity contribution is 0.601. The molecule has 0 aliphatic heterocycles. The van der Waals surface area contributed by atoms with Crippen LogP contribution >= 0.6 is 11.6 Å². The number of rotatable bonds is 2. The first-order valence-electron chi connectivity index (χ1n) is 4.46.